The lowest BCUT2D eigenvalue weighted by molar-refractivity contribution is 0.0663. The summed E-state index contributed by atoms with van der Waals surface area (Å²) in [6.07, 6.45) is 1.97. The number of hydrogen-bond donors (Lipinski definition) is 0. The molecule has 2 aliphatic rings. The molecule has 5 rings (SSSR count). The first-order valence-electron chi connectivity index (χ1n) is 11.3. The fraction of sp³-hybridized carbons (Fsp3) is 0.360. The molecule has 1 aromatic carbocycles. The van der Waals surface area contributed by atoms with Gasteiger partial charge in [-0.2, -0.15) is 0 Å². The normalized spacial score (nSPS) is 17.7. The maximum absolute atomic E-state index is 13.0. The number of piperazine rings is 2. The van der Waals surface area contributed by atoms with E-state index in [4.69, 9.17) is 0 Å². The van der Waals surface area contributed by atoms with Crippen molar-refractivity contribution in [3.63, 3.8) is 0 Å². The summed E-state index contributed by atoms with van der Waals surface area (Å²) < 4.78 is 2.11. The van der Waals surface area contributed by atoms with Crippen LogP contribution in [0, 0.1) is 0 Å². The van der Waals surface area contributed by atoms with E-state index >= 15 is 0 Å². The third-order valence-corrected chi connectivity index (χ3v) is 6.58. The van der Waals surface area contributed by atoms with Crippen molar-refractivity contribution in [2.45, 2.75) is 0 Å². The third-order valence-electron chi connectivity index (χ3n) is 6.58. The quantitative estimate of drug-likeness (QED) is 0.639. The summed E-state index contributed by atoms with van der Waals surface area (Å²) in [5.41, 5.74) is 2.52. The molecule has 0 N–H and O–H groups in total. The van der Waals surface area contributed by atoms with Crippen LogP contribution in [-0.4, -0.2) is 90.3 Å². The van der Waals surface area contributed by atoms with Gasteiger partial charge in [0.2, 0.25) is 0 Å². The molecule has 32 heavy (non-hydrogen) atoms. The number of anilines is 1. The van der Waals surface area contributed by atoms with Crippen molar-refractivity contribution >= 4 is 23.1 Å². The minimum absolute atomic E-state index is 0.0883. The highest BCUT2D eigenvalue weighted by atomic mass is 16.2. The van der Waals surface area contributed by atoms with Gasteiger partial charge in [0, 0.05) is 69.6 Å². The molecule has 4 heterocycles. The molecule has 0 radical (unpaired) electrons. The van der Waals surface area contributed by atoms with Crippen LogP contribution in [-0.2, 0) is 0 Å². The van der Waals surface area contributed by atoms with Gasteiger partial charge in [0.15, 0.2) is 0 Å². The molecule has 0 bridgehead atoms. The Morgan fingerprint density at radius 2 is 1.25 bits per heavy atom. The maximum atomic E-state index is 13.0. The molecule has 2 aliphatic heterocycles. The number of pyridine rings is 1. The average molecular weight is 432 g/mol. The van der Waals surface area contributed by atoms with Crippen molar-refractivity contribution in [1.29, 1.82) is 0 Å². The van der Waals surface area contributed by atoms with E-state index in [1.54, 1.807) is 0 Å². The lowest BCUT2D eigenvalue weighted by Crippen LogP contribution is -2.49. The zero-order valence-corrected chi connectivity index (χ0v) is 18.5. The van der Waals surface area contributed by atoms with Crippen LogP contribution in [0.4, 0.5) is 5.82 Å². The van der Waals surface area contributed by atoms with Gasteiger partial charge in [0.05, 0.1) is 5.56 Å². The monoisotopic (exact) mass is 431 g/mol. The molecule has 0 unspecified atom stereocenters. The summed E-state index contributed by atoms with van der Waals surface area (Å²) in [6.45, 7) is 6.25. The first-order chi connectivity index (χ1) is 15.6. The maximum Gasteiger partial charge on any atom is 0.255 e. The summed E-state index contributed by atoms with van der Waals surface area (Å²) >= 11 is 0. The summed E-state index contributed by atoms with van der Waals surface area (Å²) in [4.78, 5) is 34.2. The van der Waals surface area contributed by atoms with Crippen LogP contribution in [0.1, 0.15) is 20.7 Å². The van der Waals surface area contributed by atoms with Gasteiger partial charge in [0.1, 0.15) is 5.82 Å². The largest absolute Gasteiger partial charge is 0.354 e. The number of benzene rings is 1. The van der Waals surface area contributed by atoms with Crippen LogP contribution in [0.25, 0.3) is 5.52 Å². The van der Waals surface area contributed by atoms with Gasteiger partial charge in [-0.25, -0.2) is 0 Å². The molecule has 2 amide bonds. The first-order valence-corrected chi connectivity index (χ1v) is 11.3. The van der Waals surface area contributed by atoms with E-state index in [1.165, 1.54) is 0 Å². The van der Waals surface area contributed by atoms with Gasteiger partial charge in [-0.3, -0.25) is 9.59 Å². The van der Waals surface area contributed by atoms with E-state index < -0.39 is 0 Å². The second-order valence-corrected chi connectivity index (χ2v) is 8.64. The lowest BCUT2D eigenvalue weighted by Gasteiger charge is -2.36. The molecule has 166 valence electrons. The van der Waals surface area contributed by atoms with Crippen molar-refractivity contribution in [2.75, 3.05) is 64.3 Å². The summed E-state index contributed by atoms with van der Waals surface area (Å²) in [5, 5.41) is 0. The molecule has 7 nitrogen and oxygen atoms in total. The fourth-order valence-corrected chi connectivity index (χ4v) is 4.56. The standard InChI is InChI=1S/C25H29N5O2/c1-26-11-13-28(14-12-26)25(32)21-7-8-22-9-10-23(30(22)19-21)27-15-17-29(18-16-27)24(31)20-5-3-2-4-6-20/h2-10,19H,11-18H2,1H3. The van der Waals surface area contributed by atoms with Gasteiger partial charge >= 0.3 is 0 Å². The molecule has 2 fully saturated rings. The summed E-state index contributed by atoms with van der Waals surface area (Å²) in [6, 6.07) is 17.6. The van der Waals surface area contributed by atoms with E-state index in [1.807, 2.05) is 58.5 Å². The van der Waals surface area contributed by atoms with Crippen LogP contribution >= 0.6 is 0 Å². The van der Waals surface area contributed by atoms with E-state index in [2.05, 4.69) is 33.4 Å². The second-order valence-electron chi connectivity index (χ2n) is 8.64. The number of hydrogen-bond acceptors (Lipinski definition) is 4. The average Bonchev–Trinajstić information content (AvgIpc) is 3.27. The van der Waals surface area contributed by atoms with E-state index in [9.17, 15) is 9.59 Å². The number of nitrogens with zero attached hydrogens (tertiary/aromatic N) is 5. The number of amides is 2. The number of rotatable bonds is 3. The highest BCUT2D eigenvalue weighted by Crippen LogP contribution is 2.23. The molecular formula is C25H29N5O2. The Bertz CT molecular complexity index is 1110. The summed E-state index contributed by atoms with van der Waals surface area (Å²) in [7, 11) is 2.09. The third kappa shape index (κ3) is 3.96. The highest BCUT2D eigenvalue weighted by Gasteiger charge is 2.24. The minimum Gasteiger partial charge on any atom is -0.354 e. The van der Waals surface area contributed by atoms with Crippen LogP contribution in [0.15, 0.2) is 60.8 Å². The van der Waals surface area contributed by atoms with Crippen molar-refractivity contribution in [1.82, 2.24) is 19.1 Å². The SMILES string of the molecule is CN1CCN(C(=O)c2ccc3ccc(N4CCN(C(=O)c5ccccc5)CC4)n3c2)CC1. The Balaban J connectivity index is 1.30. The predicted octanol–water partition coefficient (Wildman–Crippen LogP) is 2.29. The van der Waals surface area contributed by atoms with Crippen LogP contribution in [0.3, 0.4) is 0 Å². The highest BCUT2D eigenvalue weighted by molar-refractivity contribution is 5.95. The second kappa shape index (κ2) is 8.67. The van der Waals surface area contributed by atoms with Crippen LogP contribution in [0.5, 0.6) is 0 Å². The number of aromatic nitrogens is 1. The number of carbonyl (C=O) groups excluding carboxylic acids is 2. The smallest absolute Gasteiger partial charge is 0.255 e. The van der Waals surface area contributed by atoms with Gasteiger partial charge in [0.25, 0.3) is 11.8 Å². The molecular weight excluding hydrogens is 402 g/mol. The zero-order chi connectivity index (χ0) is 22.1. The molecule has 0 saturated carbocycles. The topological polar surface area (TPSA) is 51.5 Å². The van der Waals surface area contributed by atoms with E-state index in [0.29, 0.717) is 13.1 Å². The summed E-state index contributed by atoms with van der Waals surface area (Å²) in [5.74, 6) is 1.25. The van der Waals surface area contributed by atoms with Gasteiger partial charge in [-0.1, -0.05) is 18.2 Å². The van der Waals surface area contributed by atoms with Gasteiger partial charge in [-0.05, 0) is 43.4 Å². The lowest BCUT2D eigenvalue weighted by atomic mass is 10.2. The van der Waals surface area contributed by atoms with E-state index in [0.717, 1.165) is 61.7 Å². The number of likely N-dealkylation sites (N-methyl/N-ethyl adjacent to an activating group) is 1. The Morgan fingerprint density at radius 1 is 0.656 bits per heavy atom. The van der Waals surface area contributed by atoms with Crippen molar-refractivity contribution < 1.29 is 9.59 Å². The number of fused-ring (bicyclic) bond motifs is 1. The Kier molecular flexibility index (Phi) is 5.57. The fourth-order valence-electron chi connectivity index (χ4n) is 4.56. The first kappa shape index (κ1) is 20.6. The number of carbonyl (C=O) groups is 2. The molecule has 0 atom stereocenters. The Labute approximate surface area is 188 Å². The molecule has 0 aliphatic carbocycles. The predicted molar refractivity (Wildman–Crippen MR) is 125 cm³/mol. The molecule has 7 heteroatoms. The van der Waals surface area contributed by atoms with Crippen molar-refractivity contribution in [3.05, 3.63) is 71.9 Å². The van der Waals surface area contributed by atoms with Crippen LogP contribution < -0.4 is 4.90 Å². The molecule has 2 saturated heterocycles. The Hall–Kier alpha value is -3.32. The van der Waals surface area contributed by atoms with Gasteiger partial charge < -0.3 is 24.0 Å². The Morgan fingerprint density at radius 3 is 1.94 bits per heavy atom. The van der Waals surface area contributed by atoms with Crippen LogP contribution in [0.2, 0.25) is 0 Å². The minimum atomic E-state index is 0.0883. The zero-order valence-electron chi connectivity index (χ0n) is 18.5. The van der Waals surface area contributed by atoms with Crippen molar-refractivity contribution in [2.24, 2.45) is 0 Å². The molecule has 2 aromatic heterocycles. The van der Waals surface area contributed by atoms with E-state index in [-0.39, 0.29) is 11.8 Å². The van der Waals surface area contributed by atoms with Crippen molar-refractivity contribution in [3.8, 4) is 0 Å². The van der Waals surface area contributed by atoms with Gasteiger partial charge in [-0.15, -0.1) is 0 Å². The molecule has 0 spiro atoms. The molecule has 3 aromatic rings.